The summed E-state index contributed by atoms with van der Waals surface area (Å²) in [7, 11) is 0. The molecule has 0 aliphatic carbocycles. The summed E-state index contributed by atoms with van der Waals surface area (Å²) < 4.78 is 0. The SMILES string of the molecule is CC(C=CO)C(=O)O. The molecule has 1 unspecified atom stereocenters. The van der Waals surface area contributed by atoms with Crippen LogP contribution in [0.3, 0.4) is 0 Å². The van der Waals surface area contributed by atoms with Gasteiger partial charge < -0.3 is 10.2 Å². The third-order valence-corrected chi connectivity index (χ3v) is 0.764. The van der Waals surface area contributed by atoms with Gasteiger partial charge in [-0.2, -0.15) is 0 Å². The number of rotatable bonds is 2. The first kappa shape index (κ1) is 7.01. The lowest BCUT2D eigenvalue weighted by atomic mass is 10.2. The van der Waals surface area contributed by atoms with Gasteiger partial charge in [-0.1, -0.05) is 0 Å². The van der Waals surface area contributed by atoms with Crippen LogP contribution in [0.5, 0.6) is 0 Å². The van der Waals surface area contributed by atoms with Gasteiger partial charge in [-0.05, 0) is 13.0 Å². The zero-order chi connectivity index (χ0) is 6.57. The first-order chi connectivity index (χ1) is 3.68. The minimum atomic E-state index is -0.935. The second kappa shape index (κ2) is 3.07. The van der Waals surface area contributed by atoms with E-state index in [1.54, 1.807) is 0 Å². The van der Waals surface area contributed by atoms with Crippen molar-refractivity contribution in [2.24, 2.45) is 5.92 Å². The molecular formula is C5H8O3. The second-order valence-corrected chi connectivity index (χ2v) is 1.47. The highest BCUT2D eigenvalue weighted by Crippen LogP contribution is 1.93. The maximum Gasteiger partial charge on any atom is 0.310 e. The van der Waals surface area contributed by atoms with Gasteiger partial charge in [0.2, 0.25) is 0 Å². The molecule has 3 nitrogen and oxygen atoms in total. The Labute approximate surface area is 47.3 Å². The predicted octanol–water partition coefficient (Wildman–Crippen LogP) is 0.779. The Morgan fingerprint density at radius 1 is 1.75 bits per heavy atom. The number of carboxylic acids is 1. The maximum absolute atomic E-state index is 9.93. The number of hydrogen-bond acceptors (Lipinski definition) is 2. The minimum absolute atomic E-state index is 0.597. The quantitative estimate of drug-likeness (QED) is 0.524. The van der Waals surface area contributed by atoms with Crippen molar-refractivity contribution in [1.29, 1.82) is 0 Å². The molecule has 46 valence electrons. The van der Waals surface area contributed by atoms with Gasteiger partial charge in [-0.15, -0.1) is 0 Å². The van der Waals surface area contributed by atoms with Crippen molar-refractivity contribution in [3.63, 3.8) is 0 Å². The van der Waals surface area contributed by atoms with Crippen LogP contribution in [0, 0.1) is 5.92 Å². The highest BCUT2D eigenvalue weighted by molar-refractivity contribution is 5.71. The molecule has 0 spiro atoms. The Bertz CT molecular complexity index is 106. The molecular weight excluding hydrogens is 108 g/mol. The number of aliphatic hydroxyl groups is 1. The second-order valence-electron chi connectivity index (χ2n) is 1.47. The molecule has 3 heteroatoms. The topological polar surface area (TPSA) is 57.5 Å². The molecule has 0 rings (SSSR count). The van der Waals surface area contributed by atoms with Gasteiger partial charge in [0.1, 0.15) is 0 Å². The lowest BCUT2D eigenvalue weighted by Crippen LogP contribution is -2.05. The smallest absolute Gasteiger partial charge is 0.310 e. The fourth-order valence-corrected chi connectivity index (χ4v) is 0.211. The van der Waals surface area contributed by atoms with E-state index in [0.717, 1.165) is 6.26 Å². The Morgan fingerprint density at radius 2 is 2.25 bits per heavy atom. The van der Waals surface area contributed by atoms with Gasteiger partial charge in [0, 0.05) is 0 Å². The van der Waals surface area contributed by atoms with E-state index >= 15 is 0 Å². The summed E-state index contributed by atoms with van der Waals surface area (Å²) in [6, 6.07) is 0. The molecule has 0 saturated heterocycles. The van der Waals surface area contributed by atoms with E-state index in [-0.39, 0.29) is 0 Å². The average molecular weight is 116 g/mol. The zero-order valence-corrected chi connectivity index (χ0v) is 4.53. The van der Waals surface area contributed by atoms with E-state index in [9.17, 15) is 4.79 Å². The van der Waals surface area contributed by atoms with Gasteiger partial charge in [-0.25, -0.2) is 0 Å². The Morgan fingerprint density at radius 3 is 2.38 bits per heavy atom. The predicted molar refractivity (Wildman–Crippen MR) is 28.6 cm³/mol. The van der Waals surface area contributed by atoms with Crippen molar-refractivity contribution in [3.05, 3.63) is 12.3 Å². The van der Waals surface area contributed by atoms with Gasteiger partial charge >= 0.3 is 5.97 Å². The van der Waals surface area contributed by atoms with Crippen molar-refractivity contribution in [1.82, 2.24) is 0 Å². The maximum atomic E-state index is 9.93. The van der Waals surface area contributed by atoms with Crippen molar-refractivity contribution in [2.75, 3.05) is 0 Å². The number of hydrogen-bond donors (Lipinski definition) is 2. The standard InChI is InChI=1S/C5H8O3/c1-4(2-3-6)5(7)8/h2-4,6H,1H3,(H,7,8). The van der Waals surface area contributed by atoms with Crippen molar-refractivity contribution in [3.8, 4) is 0 Å². The van der Waals surface area contributed by atoms with Gasteiger partial charge in [0.25, 0.3) is 0 Å². The number of aliphatic hydroxyl groups excluding tert-OH is 1. The summed E-state index contributed by atoms with van der Waals surface area (Å²) in [5.74, 6) is -1.53. The fraction of sp³-hybridized carbons (Fsp3) is 0.400. The zero-order valence-electron chi connectivity index (χ0n) is 4.53. The normalized spacial score (nSPS) is 14.1. The van der Waals surface area contributed by atoms with E-state index in [4.69, 9.17) is 10.2 Å². The summed E-state index contributed by atoms with van der Waals surface area (Å²) in [4.78, 5) is 9.93. The molecule has 0 aromatic carbocycles. The molecule has 8 heavy (non-hydrogen) atoms. The Hall–Kier alpha value is -0.990. The Kier molecular flexibility index (Phi) is 2.69. The number of aliphatic carboxylic acids is 1. The van der Waals surface area contributed by atoms with Gasteiger partial charge in [0.05, 0.1) is 12.2 Å². The van der Waals surface area contributed by atoms with Crippen LogP contribution in [0.1, 0.15) is 6.92 Å². The molecule has 0 heterocycles. The minimum Gasteiger partial charge on any atom is -0.516 e. The lowest BCUT2D eigenvalue weighted by molar-refractivity contribution is -0.139. The van der Waals surface area contributed by atoms with E-state index in [0.29, 0.717) is 0 Å². The van der Waals surface area contributed by atoms with Crippen molar-refractivity contribution in [2.45, 2.75) is 6.92 Å². The van der Waals surface area contributed by atoms with Crippen LogP contribution in [-0.4, -0.2) is 16.2 Å². The van der Waals surface area contributed by atoms with Crippen LogP contribution in [0.2, 0.25) is 0 Å². The molecule has 1 atom stereocenters. The van der Waals surface area contributed by atoms with Crippen LogP contribution < -0.4 is 0 Å². The molecule has 0 aromatic rings. The van der Waals surface area contributed by atoms with Crippen molar-refractivity contribution < 1.29 is 15.0 Å². The first-order valence-corrected chi connectivity index (χ1v) is 2.22. The molecule has 2 N–H and O–H groups in total. The molecule has 0 aliphatic rings. The first-order valence-electron chi connectivity index (χ1n) is 2.22. The third-order valence-electron chi connectivity index (χ3n) is 0.764. The molecule has 0 aromatic heterocycles. The number of carboxylic acid groups (broad SMARTS) is 1. The fourth-order valence-electron chi connectivity index (χ4n) is 0.211. The summed E-state index contributed by atoms with van der Waals surface area (Å²) in [6.07, 6.45) is 1.93. The molecule has 0 saturated carbocycles. The largest absolute Gasteiger partial charge is 0.516 e. The summed E-state index contributed by atoms with van der Waals surface area (Å²) in [6.45, 7) is 1.48. The van der Waals surface area contributed by atoms with E-state index in [1.807, 2.05) is 0 Å². The van der Waals surface area contributed by atoms with Gasteiger partial charge in [-0.3, -0.25) is 4.79 Å². The summed E-state index contributed by atoms with van der Waals surface area (Å²) in [5, 5.41) is 16.2. The highest BCUT2D eigenvalue weighted by atomic mass is 16.4. The van der Waals surface area contributed by atoms with Gasteiger partial charge in [0.15, 0.2) is 0 Å². The van der Waals surface area contributed by atoms with Crippen LogP contribution >= 0.6 is 0 Å². The molecule has 0 radical (unpaired) electrons. The lowest BCUT2D eigenvalue weighted by Gasteiger charge is -1.92. The average Bonchev–Trinajstić information content (AvgIpc) is 1.67. The van der Waals surface area contributed by atoms with E-state index in [2.05, 4.69) is 0 Å². The summed E-state index contributed by atoms with van der Waals surface area (Å²) in [5.41, 5.74) is 0. The molecule has 0 fully saturated rings. The molecule has 0 bridgehead atoms. The Balaban J connectivity index is 3.64. The highest BCUT2D eigenvalue weighted by Gasteiger charge is 2.03. The van der Waals surface area contributed by atoms with Crippen LogP contribution in [0.25, 0.3) is 0 Å². The third kappa shape index (κ3) is 2.23. The van der Waals surface area contributed by atoms with Crippen LogP contribution in [-0.2, 0) is 4.79 Å². The molecule has 0 aliphatic heterocycles. The van der Waals surface area contributed by atoms with Crippen LogP contribution in [0.4, 0.5) is 0 Å². The van der Waals surface area contributed by atoms with Crippen molar-refractivity contribution >= 4 is 5.97 Å². The van der Waals surface area contributed by atoms with Crippen LogP contribution in [0.15, 0.2) is 12.3 Å². The monoisotopic (exact) mass is 116 g/mol. The van der Waals surface area contributed by atoms with E-state index in [1.165, 1.54) is 13.0 Å². The molecule has 0 amide bonds. The summed E-state index contributed by atoms with van der Waals surface area (Å²) >= 11 is 0. The number of carbonyl (C=O) groups is 1. The van der Waals surface area contributed by atoms with E-state index < -0.39 is 11.9 Å².